The Kier molecular flexibility index (Phi) is 4.51. The fourth-order valence-electron chi connectivity index (χ4n) is 2.20. The van der Waals surface area contributed by atoms with Gasteiger partial charge in [-0.1, -0.05) is 15.9 Å². The molecule has 1 heterocycles. The van der Waals surface area contributed by atoms with Crippen LogP contribution < -0.4 is 13.7 Å². The van der Waals surface area contributed by atoms with Crippen LogP contribution in [-0.2, 0) is 10.1 Å². The molecule has 6 nitrogen and oxygen atoms in total. The van der Waals surface area contributed by atoms with E-state index in [1.54, 1.807) is 6.07 Å². The van der Waals surface area contributed by atoms with E-state index in [9.17, 15) is 13.2 Å². The molecule has 0 atom stereocenters. The van der Waals surface area contributed by atoms with Gasteiger partial charge >= 0.3 is 10.1 Å². The third-order valence-corrected chi connectivity index (χ3v) is 5.05. The van der Waals surface area contributed by atoms with Crippen molar-refractivity contribution in [3.63, 3.8) is 0 Å². The Balaban J connectivity index is 1.96. The topological polar surface area (TPSA) is 78.9 Å². The van der Waals surface area contributed by atoms with Crippen molar-refractivity contribution in [1.29, 1.82) is 0 Å². The second-order valence-electron chi connectivity index (χ2n) is 5.04. The summed E-state index contributed by atoms with van der Waals surface area (Å²) in [5.74, 6) is 0.492. The number of hydrogen-bond donors (Lipinski definition) is 0. The van der Waals surface area contributed by atoms with Gasteiger partial charge in [0, 0.05) is 10.5 Å². The number of carbonyl (C=O) groups is 1. The molecular formula is C16H13BrO6S. The Morgan fingerprint density at radius 3 is 2.50 bits per heavy atom. The Bertz CT molecular complexity index is 907. The number of rotatable bonds is 4. The molecule has 126 valence electrons. The minimum Gasteiger partial charge on any atom is -0.486 e. The molecular weight excluding hydrogens is 400 g/mol. The second kappa shape index (κ2) is 6.45. The van der Waals surface area contributed by atoms with Crippen molar-refractivity contribution < 1.29 is 26.9 Å². The van der Waals surface area contributed by atoms with Crippen LogP contribution in [0.4, 0.5) is 0 Å². The molecule has 0 spiro atoms. The number of Topliss-reactive ketones (excluding diaryl/α,β-unsaturated/α-hetero) is 1. The molecule has 2 aromatic carbocycles. The highest BCUT2D eigenvalue weighted by atomic mass is 79.9. The van der Waals surface area contributed by atoms with Crippen molar-refractivity contribution >= 4 is 31.8 Å². The predicted molar refractivity (Wildman–Crippen MR) is 89.4 cm³/mol. The third-order valence-electron chi connectivity index (χ3n) is 3.32. The van der Waals surface area contributed by atoms with Crippen molar-refractivity contribution in [3.05, 3.63) is 46.4 Å². The zero-order valence-corrected chi connectivity index (χ0v) is 15.0. The summed E-state index contributed by atoms with van der Waals surface area (Å²) in [7, 11) is -4.12. The number of benzene rings is 2. The summed E-state index contributed by atoms with van der Waals surface area (Å²) in [6.45, 7) is 2.10. The molecule has 0 radical (unpaired) electrons. The fourth-order valence-corrected chi connectivity index (χ4v) is 3.52. The van der Waals surface area contributed by atoms with Gasteiger partial charge in [-0.25, -0.2) is 0 Å². The zero-order chi connectivity index (χ0) is 17.3. The lowest BCUT2D eigenvalue weighted by molar-refractivity contribution is 0.101. The SMILES string of the molecule is CC(=O)c1cc(Br)ccc1OS(=O)(=O)c1ccc2c(c1)OCCO2. The highest BCUT2D eigenvalue weighted by Gasteiger charge is 2.23. The molecule has 0 aliphatic carbocycles. The van der Waals surface area contributed by atoms with E-state index in [1.165, 1.54) is 37.3 Å². The van der Waals surface area contributed by atoms with Crippen LogP contribution in [0.1, 0.15) is 17.3 Å². The van der Waals surface area contributed by atoms with E-state index in [0.717, 1.165) is 0 Å². The molecule has 0 amide bonds. The predicted octanol–water partition coefficient (Wildman–Crippen LogP) is 3.19. The first-order valence-electron chi connectivity index (χ1n) is 7.01. The summed E-state index contributed by atoms with van der Waals surface area (Å²) in [4.78, 5) is 11.6. The Labute approximate surface area is 147 Å². The largest absolute Gasteiger partial charge is 0.486 e. The van der Waals surface area contributed by atoms with E-state index >= 15 is 0 Å². The molecule has 0 bridgehead atoms. The average molecular weight is 413 g/mol. The number of fused-ring (bicyclic) bond motifs is 1. The van der Waals surface area contributed by atoms with E-state index in [0.29, 0.717) is 29.2 Å². The summed E-state index contributed by atoms with van der Waals surface area (Å²) in [5, 5.41) is 0. The van der Waals surface area contributed by atoms with Crippen molar-refractivity contribution in [2.45, 2.75) is 11.8 Å². The number of halogens is 1. The maximum atomic E-state index is 12.5. The van der Waals surface area contributed by atoms with Gasteiger partial charge in [-0.3, -0.25) is 4.79 Å². The summed E-state index contributed by atoms with van der Waals surface area (Å²) < 4.78 is 41.6. The number of ether oxygens (including phenoxy) is 2. The van der Waals surface area contributed by atoms with Gasteiger partial charge in [0.2, 0.25) is 0 Å². The quantitative estimate of drug-likeness (QED) is 0.566. The van der Waals surface area contributed by atoms with E-state index in [-0.39, 0.29) is 22.0 Å². The van der Waals surface area contributed by atoms with Crippen molar-refractivity contribution in [3.8, 4) is 17.2 Å². The molecule has 8 heteroatoms. The lowest BCUT2D eigenvalue weighted by atomic mass is 10.1. The van der Waals surface area contributed by atoms with E-state index in [2.05, 4.69) is 15.9 Å². The molecule has 0 N–H and O–H groups in total. The van der Waals surface area contributed by atoms with Gasteiger partial charge in [0.15, 0.2) is 23.0 Å². The van der Waals surface area contributed by atoms with Crippen LogP contribution in [0.15, 0.2) is 45.8 Å². The van der Waals surface area contributed by atoms with E-state index < -0.39 is 10.1 Å². The van der Waals surface area contributed by atoms with Gasteiger partial charge in [0.1, 0.15) is 18.1 Å². The number of ketones is 1. The van der Waals surface area contributed by atoms with Gasteiger partial charge in [-0.2, -0.15) is 8.42 Å². The lowest BCUT2D eigenvalue weighted by Crippen LogP contribution is -2.17. The smallest absolute Gasteiger partial charge is 0.339 e. The van der Waals surface area contributed by atoms with Crippen molar-refractivity contribution in [1.82, 2.24) is 0 Å². The second-order valence-corrected chi connectivity index (χ2v) is 7.50. The average Bonchev–Trinajstić information content (AvgIpc) is 2.55. The van der Waals surface area contributed by atoms with Crippen LogP contribution in [0.3, 0.4) is 0 Å². The summed E-state index contributed by atoms with van der Waals surface area (Å²) in [6.07, 6.45) is 0. The first-order chi connectivity index (χ1) is 11.4. The molecule has 0 saturated carbocycles. The minimum absolute atomic E-state index is 0.0272. The van der Waals surface area contributed by atoms with Gasteiger partial charge in [0.05, 0.1) is 5.56 Å². The van der Waals surface area contributed by atoms with Gasteiger partial charge < -0.3 is 13.7 Å². The molecule has 24 heavy (non-hydrogen) atoms. The van der Waals surface area contributed by atoms with Crippen LogP contribution in [0.25, 0.3) is 0 Å². The van der Waals surface area contributed by atoms with Crippen LogP contribution in [0.5, 0.6) is 17.2 Å². The van der Waals surface area contributed by atoms with Crippen LogP contribution in [0, 0.1) is 0 Å². The summed E-state index contributed by atoms with van der Waals surface area (Å²) >= 11 is 3.24. The number of hydrogen-bond acceptors (Lipinski definition) is 6. The molecule has 1 aliphatic rings. The van der Waals surface area contributed by atoms with Gasteiger partial charge in [-0.15, -0.1) is 0 Å². The molecule has 0 fully saturated rings. The Hall–Kier alpha value is -2.06. The van der Waals surface area contributed by atoms with Crippen molar-refractivity contribution in [2.24, 2.45) is 0 Å². The maximum absolute atomic E-state index is 12.5. The van der Waals surface area contributed by atoms with Crippen LogP contribution >= 0.6 is 15.9 Å². The van der Waals surface area contributed by atoms with Gasteiger partial charge in [0.25, 0.3) is 0 Å². The number of carbonyl (C=O) groups excluding carboxylic acids is 1. The fraction of sp³-hybridized carbons (Fsp3) is 0.188. The van der Waals surface area contributed by atoms with Gasteiger partial charge in [-0.05, 0) is 37.3 Å². The first kappa shape index (κ1) is 16.8. The summed E-state index contributed by atoms with van der Waals surface area (Å²) in [5.41, 5.74) is 0.172. The maximum Gasteiger partial charge on any atom is 0.339 e. The van der Waals surface area contributed by atoms with E-state index in [1.807, 2.05) is 0 Å². The highest BCUT2D eigenvalue weighted by molar-refractivity contribution is 9.10. The molecule has 3 rings (SSSR count). The zero-order valence-electron chi connectivity index (χ0n) is 12.6. The molecule has 0 unspecified atom stereocenters. The van der Waals surface area contributed by atoms with Crippen LogP contribution in [-0.4, -0.2) is 27.4 Å². The molecule has 0 saturated heterocycles. The van der Waals surface area contributed by atoms with E-state index in [4.69, 9.17) is 13.7 Å². The Morgan fingerprint density at radius 1 is 1.08 bits per heavy atom. The molecule has 0 aromatic heterocycles. The lowest BCUT2D eigenvalue weighted by Gasteiger charge is -2.19. The van der Waals surface area contributed by atoms with Crippen molar-refractivity contribution in [2.75, 3.05) is 13.2 Å². The Morgan fingerprint density at radius 2 is 1.79 bits per heavy atom. The monoisotopic (exact) mass is 412 g/mol. The first-order valence-corrected chi connectivity index (χ1v) is 9.21. The summed E-state index contributed by atoms with van der Waals surface area (Å²) in [6, 6.07) is 8.76. The normalized spacial score (nSPS) is 13.4. The highest BCUT2D eigenvalue weighted by Crippen LogP contribution is 2.33. The molecule has 1 aliphatic heterocycles. The van der Waals surface area contributed by atoms with Crippen LogP contribution in [0.2, 0.25) is 0 Å². The molecule has 2 aromatic rings. The minimum atomic E-state index is -4.12. The third kappa shape index (κ3) is 3.39. The standard InChI is InChI=1S/C16H13BrO6S/c1-10(18)13-8-11(17)2-4-14(13)23-24(19,20)12-3-5-15-16(9-12)22-7-6-21-15/h2-5,8-9H,6-7H2,1H3.